The molecule has 0 unspecified atom stereocenters. The van der Waals surface area contributed by atoms with Crippen molar-refractivity contribution in [3.8, 4) is 6.07 Å². The molecule has 4 rings (SSSR count). The van der Waals surface area contributed by atoms with E-state index in [-0.39, 0.29) is 12.0 Å². The van der Waals surface area contributed by atoms with Crippen LogP contribution in [-0.4, -0.2) is 44.2 Å². The second-order valence-electron chi connectivity index (χ2n) is 9.11. The maximum atomic E-state index is 10.2. The largest absolute Gasteiger partial charge is 0.396 e. The van der Waals surface area contributed by atoms with Gasteiger partial charge in [0.2, 0.25) is 0 Å². The molecule has 1 aliphatic heterocycles. The van der Waals surface area contributed by atoms with Gasteiger partial charge < -0.3 is 9.67 Å². The Balaban J connectivity index is 1.40. The smallest absolute Gasteiger partial charge is 0.106 e. The molecule has 6 heteroatoms. The van der Waals surface area contributed by atoms with Crippen molar-refractivity contribution in [1.29, 1.82) is 5.26 Å². The fraction of sp³-hybridized carbons (Fsp3) is 0.423. The standard InChI is InChI=1S/C26H31N5O/c1-20-13-24(7-10-28-20)14-26(19-32)8-11-30(12-9-26)18-25-16-29-21(2)31(25)17-23-5-3-22(15-27)4-6-23/h3-7,10,13,16,32H,8-9,11-12,14,17-19H2,1-2H3. The minimum Gasteiger partial charge on any atom is -0.396 e. The Morgan fingerprint density at radius 3 is 2.44 bits per heavy atom. The summed E-state index contributed by atoms with van der Waals surface area (Å²) in [5.41, 5.74) is 5.28. The highest BCUT2D eigenvalue weighted by Crippen LogP contribution is 2.35. The highest BCUT2D eigenvalue weighted by Gasteiger charge is 2.34. The van der Waals surface area contributed by atoms with Crippen LogP contribution in [0.2, 0.25) is 0 Å². The number of rotatable bonds is 7. The Kier molecular flexibility index (Phi) is 6.69. The van der Waals surface area contributed by atoms with Gasteiger partial charge in [0, 0.05) is 37.8 Å². The molecule has 3 heterocycles. The summed E-state index contributed by atoms with van der Waals surface area (Å²) in [6.07, 6.45) is 6.70. The van der Waals surface area contributed by atoms with E-state index in [4.69, 9.17) is 5.26 Å². The lowest BCUT2D eigenvalue weighted by Gasteiger charge is -2.41. The van der Waals surface area contributed by atoms with Gasteiger partial charge in [0.05, 0.1) is 17.3 Å². The summed E-state index contributed by atoms with van der Waals surface area (Å²) in [4.78, 5) is 11.3. The molecule has 0 amide bonds. The van der Waals surface area contributed by atoms with Crippen LogP contribution in [0.3, 0.4) is 0 Å². The lowest BCUT2D eigenvalue weighted by atomic mass is 9.74. The highest BCUT2D eigenvalue weighted by molar-refractivity contribution is 5.32. The van der Waals surface area contributed by atoms with Crippen LogP contribution in [0.1, 0.15) is 46.7 Å². The molecule has 0 radical (unpaired) electrons. The average molecular weight is 430 g/mol. The molecule has 0 bridgehead atoms. The van der Waals surface area contributed by atoms with E-state index in [9.17, 15) is 5.11 Å². The van der Waals surface area contributed by atoms with Gasteiger partial charge in [-0.15, -0.1) is 0 Å². The van der Waals surface area contributed by atoms with E-state index in [1.807, 2.05) is 50.5 Å². The molecule has 6 nitrogen and oxygen atoms in total. The topological polar surface area (TPSA) is 78.0 Å². The summed E-state index contributed by atoms with van der Waals surface area (Å²) in [7, 11) is 0. The molecule has 0 saturated carbocycles. The predicted octanol–water partition coefficient (Wildman–Crippen LogP) is 3.63. The van der Waals surface area contributed by atoms with Gasteiger partial charge in [-0.25, -0.2) is 4.98 Å². The number of likely N-dealkylation sites (tertiary alicyclic amines) is 1. The average Bonchev–Trinajstić information content (AvgIpc) is 3.14. The second kappa shape index (κ2) is 9.64. The molecule has 32 heavy (non-hydrogen) atoms. The van der Waals surface area contributed by atoms with Gasteiger partial charge >= 0.3 is 0 Å². The number of aliphatic hydroxyl groups excluding tert-OH is 1. The van der Waals surface area contributed by atoms with Crippen LogP contribution in [0.25, 0.3) is 0 Å². The number of aryl methyl sites for hydroxylation is 2. The number of benzene rings is 1. The molecule has 1 saturated heterocycles. The van der Waals surface area contributed by atoms with Crippen LogP contribution in [0.15, 0.2) is 48.8 Å². The first kappa shape index (κ1) is 22.2. The van der Waals surface area contributed by atoms with E-state index in [1.54, 1.807) is 0 Å². The van der Waals surface area contributed by atoms with Crippen molar-refractivity contribution >= 4 is 0 Å². The Bertz CT molecular complexity index is 1090. The molecule has 0 atom stereocenters. The number of nitriles is 1. The third-order valence-corrected chi connectivity index (χ3v) is 6.74. The molecule has 1 fully saturated rings. The summed E-state index contributed by atoms with van der Waals surface area (Å²) in [5.74, 6) is 0.999. The van der Waals surface area contributed by atoms with Gasteiger partial charge in [0.15, 0.2) is 0 Å². The molecule has 2 aromatic heterocycles. The van der Waals surface area contributed by atoms with E-state index < -0.39 is 0 Å². The zero-order valence-corrected chi connectivity index (χ0v) is 19.0. The fourth-order valence-electron chi connectivity index (χ4n) is 4.68. The number of pyridine rings is 1. The van der Waals surface area contributed by atoms with Gasteiger partial charge in [-0.05, 0) is 87.0 Å². The lowest BCUT2D eigenvalue weighted by Crippen LogP contribution is -2.43. The minimum atomic E-state index is -0.0526. The first-order valence-corrected chi connectivity index (χ1v) is 11.2. The number of aromatic nitrogens is 3. The van der Waals surface area contributed by atoms with Crippen molar-refractivity contribution in [3.05, 3.63) is 82.7 Å². The normalized spacial score (nSPS) is 16.1. The van der Waals surface area contributed by atoms with Crippen LogP contribution >= 0.6 is 0 Å². The van der Waals surface area contributed by atoms with Crippen molar-refractivity contribution in [2.24, 2.45) is 5.41 Å². The summed E-state index contributed by atoms with van der Waals surface area (Å²) >= 11 is 0. The van der Waals surface area contributed by atoms with Gasteiger partial charge in [-0.3, -0.25) is 9.88 Å². The van der Waals surface area contributed by atoms with E-state index in [2.05, 4.69) is 37.6 Å². The van der Waals surface area contributed by atoms with Crippen LogP contribution in [-0.2, 0) is 19.5 Å². The van der Waals surface area contributed by atoms with Gasteiger partial charge in [0.1, 0.15) is 5.82 Å². The molecule has 1 aliphatic rings. The zero-order chi connectivity index (χ0) is 22.6. The Morgan fingerprint density at radius 1 is 1.03 bits per heavy atom. The van der Waals surface area contributed by atoms with Crippen molar-refractivity contribution in [3.63, 3.8) is 0 Å². The summed E-state index contributed by atoms with van der Waals surface area (Å²) in [5, 5.41) is 19.2. The van der Waals surface area contributed by atoms with Gasteiger partial charge in [-0.1, -0.05) is 12.1 Å². The highest BCUT2D eigenvalue weighted by atomic mass is 16.3. The Morgan fingerprint density at radius 2 is 1.78 bits per heavy atom. The number of hydrogen-bond donors (Lipinski definition) is 1. The maximum Gasteiger partial charge on any atom is 0.106 e. The first-order chi connectivity index (χ1) is 15.5. The molecule has 166 valence electrons. The quantitative estimate of drug-likeness (QED) is 0.621. The van der Waals surface area contributed by atoms with E-state index in [0.717, 1.165) is 62.5 Å². The zero-order valence-electron chi connectivity index (χ0n) is 19.0. The molecule has 1 aromatic carbocycles. The summed E-state index contributed by atoms with van der Waals surface area (Å²) in [6.45, 7) is 7.81. The summed E-state index contributed by atoms with van der Waals surface area (Å²) < 4.78 is 2.26. The van der Waals surface area contributed by atoms with Crippen LogP contribution in [0.4, 0.5) is 0 Å². The number of imidazole rings is 1. The van der Waals surface area contributed by atoms with Crippen molar-refractivity contribution < 1.29 is 5.11 Å². The number of aliphatic hydroxyl groups is 1. The number of nitrogens with zero attached hydrogens (tertiary/aromatic N) is 5. The molecule has 0 aliphatic carbocycles. The molecule has 0 spiro atoms. The molecule has 1 N–H and O–H groups in total. The van der Waals surface area contributed by atoms with E-state index in [0.29, 0.717) is 5.56 Å². The van der Waals surface area contributed by atoms with E-state index >= 15 is 0 Å². The SMILES string of the molecule is Cc1cc(CC2(CO)CCN(Cc3cnc(C)n3Cc3ccc(C#N)cc3)CC2)ccn1. The number of piperidine rings is 1. The van der Waals surface area contributed by atoms with Crippen molar-refractivity contribution in [1.82, 2.24) is 19.4 Å². The third kappa shape index (κ3) is 5.07. The van der Waals surface area contributed by atoms with Gasteiger partial charge in [0.25, 0.3) is 0 Å². The number of hydrogen-bond acceptors (Lipinski definition) is 5. The predicted molar refractivity (Wildman–Crippen MR) is 124 cm³/mol. The van der Waals surface area contributed by atoms with Gasteiger partial charge in [-0.2, -0.15) is 5.26 Å². The van der Waals surface area contributed by atoms with Crippen LogP contribution in [0.5, 0.6) is 0 Å². The van der Waals surface area contributed by atoms with E-state index in [1.165, 1.54) is 11.3 Å². The van der Waals surface area contributed by atoms with Crippen LogP contribution < -0.4 is 0 Å². The Hall–Kier alpha value is -3.01. The van der Waals surface area contributed by atoms with Crippen molar-refractivity contribution in [2.45, 2.75) is 46.2 Å². The van der Waals surface area contributed by atoms with Crippen molar-refractivity contribution in [2.75, 3.05) is 19.7 Å². The fourth-order valence-corrected chi connectivity index (χ4v) is 4.68. The summed E-state index contributed by atoms with van der Waals surface area (Å²) in [6, 6.07) is 14.1. The minimum absolute atomic E-state index is 0.0526. The maximum absolute atomic E-state index is 10.2. The third-order valence-electron chi connectivity index (χ3n) is 6.74. The first-order valence-electron chi connectivity index (χ1n) is 11.2. The molecular weight excluding hydrogens is 398 g/mol. The second-order valence-corrected chi connectivity index (χ2v) is 9.11. The van der Waals surface area contributed by atoms with Crippen LogP contribution in [0, 0.1) is 30.6 Å². The lowest BCUT2D eigenvalue weighted by molar-refractivity contribution is 0.0406. The monoisotopic (exact) mass is 429 g/mol. The molecular formula is C26H31N5O. The molecule has 3 aromatic rings. The Labute approximate surface area is 190 Å².